The first-order chi connectivity index (χ1) is 6.63. The maximum absolute atomic E-state index is 8.67. The van der Waals surface area contributed by atoms with Crippen LogP contribution in [-0.4, -0.2) is 37.6 Å². The average Bonchev–Trinajstić information content (AvgIpc) is 2.16. The van der Waals surface area contributed by atoms with E-state index in [-0.39, 0.29) is 5.92 Å². The topological polar surface area (TPSA) is 39.1 Å². The van der Waals surface area contributed by atoms with Crippen LogP contribution in [0, 0.1) is 23.2 Å². The summed E-state index contributed by atoms with van der Waals surface area (Å²) in [5.74, 6) is 0.821. The zero-order valence-electron chi connectivity index (χ0n) is 9.45. The summed E-state index contributed by atoms with van der Waals surface area (Å²) in [5, 5.41) is 12.2. The number of nitriles is 1. The SMILES string of the molecule is CC(C#N)CNC1CCN(C)CC1C. The Morgan fingerprint density at radius 2 is 2.36 bits per heavy atom. The third-order valence-electron chi connectivity index (χ3n) is 3.01. The van der Waals surface area contributed by atoms with Crippen LogP contribution in [0.2, 0.25) is 0 Å². The summed E-state index contributed by atoms with van der Waals surface area (Å²) >= 11 is 0. The van der Waals surface area contributed by atoms with Gasteiger partial charge in [0.25, 0.3) is 0 Å². The van der Waals surface area contributed by atoms with Crippen molar-refractivity contribution in [1.82, 2.24) is 10.2 Å². The van der Waals surface area contributed by atoms with E-state index in [1.165, 1.54) is 19.5 Å². The van der Waals surface area contributed by atoms with Gasteiger partial charge in [0, 0.05) is 19.1 Å². The van der Waals surface area contributed by atoms with Crippen molar-refractivity contribution in [2.24, 2.45) is 11.8 Å². The molecule has 3 unspecified atom stereocenters. The van der Waals surface area contributed by atoms with E-state index in [0.717, 1.165) is 6.54 Å². The van der Waals surface area contributed by atoms with E-state index < -0.39 is 0 Å². The first kappa shape index (κ1) is 11.5. The number of nitrogens with zero attached hydrogens (tertiary/aromatic N) is 2. The average molecular weight is 195 g/mol. The largest absolute Gasteiger partial charge is 0.312 e. The Hall–Kier alpha value is -0.590. The molecule has 0 spiro atoms. The highest BCUT2D eigenvalue weighted by Gasteiger charge is 2.23. The highest BCUT2D eigenvalue weighted by atomic mass is 15.1. The van der Waals surface area contributed by atoms with E-state index in [9.17, 15) is 0 Å². The third kappa shape index (κ3) is 3.28. The van der Waals surface area contributed by atoms with Crippen molar-refractivity contribution < 1.29 is 0 Å². The molecule has 0 bridgehead atoms. The maximum Gasteiger partial charge on any atom is 0.0666 e. The predicted octanol–water partition coefficient (Wildman–Crippen LogP) is 1.08. The molecule has 0 aromatic heterocycles. The minimum absolute atomic E-state index is 0.127. The molecule has 1 aliphatic heterocycles. The number of likely N-dealkylation sites (tertiary alicyclic amines) is 1. The molecule has 14 heavy (non-hydrogen) atoms. The van der Waals surface area contributed by atoms with E-state index in [4.69, 9.17) is 5.26 Å². The second-order valence-corrected chi connectivity index (χ2v) is 4.57. The van der Waals surface area contributed by atoms with E-state index in [2.05, 4.69) is 30.3 Å². The number of nitrogens with one attached hydrogen (secondary N) is 1. The smallest absolute Gasteiger partial charge is 0.0666 e. The second kappa shape index (κ2) is 5.33. The van der Waals surface area contributed by atoms with Gasteiger partial charge >= 0.3 is 0 Å². The lowest BCUT2D eigenvalue weighted by Crippen LogP contribution is -2.47. The van der Waals surface area contributed by atoms with Gasteiger partial charge in [0.2, 0.25) is 0 Å². The molecule has 0 aromatic rings. The molecule has 0 aromatic carbocycles. The Morgan fingerprint density at radius 3 is 2.93 bits per heavy atom. The van der Waals surface area contributed by atoms with Gasteiger partial charge in [-0.1, -0.05) is 6.92 Å². The molecule has 3 atom stereocenters. The monoisotopic (exact) mass is 195 g/mol. The summed E-state index contributed by atoms with van der Waals surface area (Å²) in [7, 11) is 2.17. The van der Waals surface area contributed by atoms with Crippen LogP contribution in [0.15, 0.2) is 0 Å². The van der Waals surface area contributed by atoms with Crippen molar-refractivity contribution in [3.8, 4) is 6.07 Å². The zero-order chi connectivity index (χ0) is 10.6. The fraction of sp³-hybridized carbons (Fsp3) is 0.909. The van der Waals surface area contributed by atoms with Gasteiger partial charge in [0.15, 0.2) is 0 Å². The quantitative estimate of drug-likeness (QED) is 0.732. The molecule has 0 aliphatic carbocycles. The van der Waals surface area contributed by atoms with Crippen molar-refractivity contribution in [3.05, 3.63) is 0 Å². The van der Waals surface area contributed by atoms with Crippen LogP contribution >= 0.6 is 0 Å². The van der Waals surface area contributed by atoms with Gasteiger partial charge in [-0.15, -0.1) is 0 Å². The van der Waals surface area contributed by atoms with Crippen LogP contribution in [0.5, 0.6) is 0 Å². The molecule has 0 amide bonds. The molecular formula is C11H21N3. The lowest BCUT2D eigenvalue weighted by atomic mass is 9.94. The van der Waals surface area contributed by atoms with E-state index in [1.54, 1.807) is 0 Å². The molecule has 1 N–H and O–H groups in total. The van der Waals surface area contributed by atoms with Gasteiger partial charge in [-0.25, -0.2) is 0 Å². The van der Waals surface area contributed by atoms with E-state index in [0.29, 0.717) is 12.0 Å². The number of hydrogen-bond donors (Lipinski definition) is 1. The van der Waals surface area contributed by atoms with Crippen molar-refractivity contribution in [2.75, 3.05) is 26.7 Å². The van der Waals surface area contributed by atoms with Crippen LogP contribution in [0.1, 0.15) is 20.3 Å². The highest BCUT2D eigenvalue weighted by Crippen LogP contribution is 2.15. The van der Waals surface area contributed by atoms with Crippen molar-refractivity contribution in [1.29, 1.82) is 5.26 Å². The molecule has 1 rings (SSSR count). The van der Waals surface area contributed by atoms with Crippen LogP contribution in [0.4, 0.5) is 0 Å². The Labute approximate surface area is 87.1 Å². The van der Waals surface area contributed by atoms with Gasteiger partial charge in [-0.2, -0.15) is 5.26 Å². The Morgan fingerprint density at radius 1 is 1.64 bits per heavy atom. The molecule has 1 saturated heterocycles. The Balaban J connectivity index is 2.28. The van der Waals surface area contributed by atoms with Crippen LogP contribution in [-0.2, 0) is 0 Å². The predicted molar refractivity (Wildman–Crippen MR) is 57.8 cm³/mol. The molecule has 1 fully saturated rings. The molecule has 3 heteroatoms. The molecule has 0 radical (unpaired) electrons. The van der Waals surface area contributed by atoms with Crippen molar-refractivity contribution in [3.63, 3.8) is 0 Å². The van der Waals surface area contributed by atoms with Crippen molar-refractivity contribution >= 4 is 0 Å². The number of piperidine rings is 1. The first-order valence-electron chi connectivity index (χ1n) is 5.45. The van der Waals surface area contributed by atoms with Gasteiger partial charge in [0.1, 0.15) is 0 Å². The highest BCUT2D eigenvalue weighted by molar-refractivity contribution is 4.85. The van der Waals surface area contributed by atoms with Gasteiger partial charge in [-0.05, 0) is 32.9 Å². The van der Waals surface area contributed by atoms with E-state index >= 15 is 0 Å². The molecular weight excluding hydrogens is 174 g/mol. The Bertz CT molecular complexity index is 209. The zero-order valence-corrected chi connectivity index (χ0v) is 9.45. The lowest BCUT2D eigenvalue weighted by molar-refractivity contribution is 0.174. The maximum atomic E-state index is 8.67. The first-order valence-corrected chi connectivity index (χ1v) is 5.45. The number of hydrogen-bond acceptors (Lipinski definition) is 3. The molecule has 1 heterocycles. The van der Waals surface area contributed by atoms with Crippen LogP contribution < -0.4 is 5.32 Å². The molecule has 3 nitrogen and oxygen atoms in total. The minimum Gasteiger partial charge on any atom is -0.312 e. The van der Waals surface area contributed by atoms with Crippen LogP contribution in [0.3, 0.4) is 0 Å². The number of rotatable bonds is 3. The van der Waals surface area contributed by atoms with Crippen LogP contribution in [0.25, 0.3) is 0 Å². The summed E-state index contributed by atoms with van der Waals surface area (Å²) in [5.41, 5.74) is 0. The van der Waals surface area contributed by atoms with Crippen molar-refractivity contribution in [2.45, 2.75) is 26.3 Å². The summed E-state index contributed by atoms with van der Waals surface area (Å²) in [4.78, 5) is 2.37. The lowest BCUT2D eigenvalue weighted by Gasteiger charge is -2.35. The van der Waals surface area contributed by atoms with Gasteiger partial charge in [-0.3, -0.25) is 0 Å². The molecule has 1 aliphatic rings. The second-order valence-electron chi connectivity index (χ2n) is 4.57. The van der Waals surface area contributed by atoms with Gasteiger partial charge < -0.3 is 10.2 Å². The van der Waals surface area contributed by atoms with E-state index in [1.807, 2.05) is 6.92 Å². The molecule has 80 valence electrons. The molecule has 0 saturated carbocycles. The summed E-state index contributed by atoms with van der Waals surface area (Å²) in [6.07, 6.45) is 1.20. The van der Waals surface area contributed by atoms with Gasteiger partial charge in [0.05, 0.1) is 12.0 Å². The third-order valence-corrected chi connectivity index (χ3v) is 3.01. The fourth-order valence-electron chi connectivity index (χ4n) is 2.03. The normalized spacial score (nSPS) is 31.0. The summed E-state index contributed by atoms with van der Waals surface area (Å²) < 4.78 is 0. The fourth-order valence-corrected chi connectivity index (χ4v) is 2.03. The summed E-state index contributed by atoms with van der Waals surface area (Å²) in [6, 6.07) is 2.85. The Kier molecular flexibility index (Phi) is 4.37. The summed E-state index contributed by atoms with van der Waals surface area (Å²) in [6.45, 7) is 7.41. The standard InChI is InChI=1S/C11H21N3/c1-9(6-12)7-13-11-4-5-14(3)8-10(11)2/h9-11,13H,4-5,7-8H2,1-3H3. The minimum atomic E-state index is 0.127.